The number of nitrogens with one attached hydrogen (secondary N) is 5. The number of phenols is 1. The number of aromatic hydroxyl groups is 1. The number of anilines is 2. The molecule has 0 fully saturated rings. The Bertz CT molecular complexity index is 3750. The minimum Gasteiger partial charge on any atom is -0.508 e. The monoisotopic (exact) mass is 1190 g/mol. The molecule has 3 aliphatic rings. The Morgan fingerprint density at radius 1 is 0.816 bits per heavy atom. The lowest BCUT2D eigenvalue weighted by Gasteiger charge is -2.35. The van der Waals surface area contributed by atoms with Gasteiger partial charge in [-0.25, -0.2) is 19.4 Å². The van der Waals surface area contributed by atoms with E-state index >= 15 is 0 Å². The molecule has 87 heavy (non-hydrogen) atoms. The highest BCUT2D eigenvalue weighted by atomic mass is 16.7. The molecule has 7 amide bonds. The van der Waals surface area contributed by atoms with E-state index in [1.54, 1.807) is 60.6 Å². The molecule has 4 aromatic carbocycles. The SMILES string of the molecule is CCc1c2c(nc3ccc(O)cc13)-c1cc3c(c(=O)n1C2)COC(=O)[C@@]3(CC)OC(=O)OCc1ccc(NC(=O)[C@H](CCCNC(N)=O)NC(=O)[C@@H](NC(=O)COCCNC(=O)CCC(=O)N2Cc3ccccc3/C=C\c3ccccc32)C(C)C)cc1. The number of benzene rings is 4. The lowest BCUT2D eigenvalue weighted by atomic mass is 9.85. The zero-order valence-electron chi connectivity index (χ0n) is 48.7. The summed E-state index contributed by atoms with van der Waals surface area (Å²) in [5, 5.41) is 24.3. The Kier molecular flexibility index (Phi) is 19.4. The van der Waals surface area contributed by atoms with E-state index in [4.69, 9.17) is 29.7 Å². The lowest BCUT2D eigenvalue weighted by Crippen LogP contribution is -2.55. The van der Waals surface area contributed by atoms with Gasteiger partial charge < -0.3 is 65.8 Å². The van der Waals surface area contributed by atoms with Gasteiger partial charge in [0, 0.05) is 48.1 Å². The van der Waals surface area contributed by atoms with Crippen LogP contribution < -0.4 is 42.8 Å². The largest absolute Gasteiger partial charge is 0.510 e. The average Bonchev–Trinajstić information content (AvgIpc) is 1.69. The maximum atomic E-state index is 14.2. The molecule has 0 saturated carbocycles. The van der Waals surface area contributed by atoms with Crippen LogP contribution in [0.1, 0.15) is 104 Å². The predicted octanol–water partition coefficient (Wildman–Crippen LogP) is 6.35. The van der Waals surface area contributed by atoms with Crippen molar-refractivity contribution in [2.24, 2.45) is 11.7 Å². The summed E-state index contributed by atoms with van der Waals surface area (Å²) in [6.45, 7) is 6.54. The summed E-state index contributed by atoms with van der Waals surface area (Å²) in [4.78, 5) is 126. The quantitative estimate of drug-likeness (QED) is 0.0271. The fraction of sp³-hybridized carbons (Fsp3) is 0.344. The summed E-state index contributed by atoms with van der Waals surface area (Å²) < 4.78 is 23.9. The zero-order chi connectivity index (χ0) is 61.9. The van der Waals surface area contributed by atoms with E-state index in [0.717, 1.165) is 38.9 Å². The number of cyclic esters (lactones) is 1. The van der Waals surface area contributed by atoms with Crippen molar-refractivity contribution in [3.8, 4) is 17.1 Å². The van der Waals surface area contributed by atoms with Gasteiger partial charge in [-0.3, -0.25) is 28.8 Å². The molecule has 3 atom stereocenters. The molecule has 6 aromatic rings. The molecule has 5 heterocycles. The molecule has 23 nitrogen and oxygen atoms in total. The second-order valence-electron chi connectivity index (χ2n) is 21.6. The molecule has 0 radical (unpaired) electrons. The number of pyridine rings is 2. The highest BCUT2D eigenvalue weighted by Gasteiger charge is 2.51. The number of carbonyl (C=O) groups excluding carboxylic acids is 8. The minimum atomic E-state index is -2.03. The number of amides is 7. The molecule has 9 rings (SSSR count). The van der Waals surface area contributed by atoms with Gasteiger partial charge in [0.2, 0.25) is 35.1 Å². The van der Waals surface area contributed by atoms with Gasteiger partial charge in [-0.2, -0.15) is 0 Å². The van der Waals surface area contributed by atoms with E-state index in [2.05, 4.69) is 26.6 Å². The van der Waals surface area contributed by atoms with Gasteiger partial charge in [-0.1, -0.05) is 94.4 Å². The van der Waals surface area contributed by atoms with Crippen molar-refractivity contribution < 1.29 is 62.4 Å². The first kappa shape index (κ1) is 61.7. The third-order valence-corrected chi connectivity index (χ3v) is 15.5. The van der Waals surface area contributed by atoms with Gasteiger partial charge in [-0.15, -0.1) is 0 Å². The van der Waals surface area contributed by atoms with E-state index in [9.17, 15) is 48.3 Å². The number of primary amides is 1. The average molecular weight is 1190 g/mol. The predicted molar refractivity (Wildman–Crippen MR) is 321 cm³/mol. The molecular weight excluding hydrogens is 1120 g/mol. The number of carbonyl (C=O) groups is 8. The van der Waals surface area contributed by atoms with Crippen molar-refractivity contribution in [1.29, 1.82) is 0 Å². The first-order valence-corrected chi connectivity index (χ1v) is 28.9. The molecule has 23 heteroatoms. The Labute approximate surface area is 501 Å². The number of rotatable bonds is 23. The fourth-order valence-electron chi connectivity index (χ4n) is 11.0. The van der Waals surface area contributed by atoms with Crippen LogP contribution in [0.2, 0.25) is 0 Å². The van der Waals surface area contributed by atoms with E-state index in [1.165, 1.54) is 18.2 Å². The number of esters is 1. The summed E-state index contributed by atoms with van der Waals surface area (Å²) in [6, 6.07) is 25.1. The van der Waals surface area contributed by atoms with Gasteiger partial charge in [0.05, 0.1) is 47.9 Å². The third kappa shape index (κ3) is 14.1. The van der Waals surface area contributed by atoms with Crippen molar-refractivity contribution >= 4 is 82.1 Å². The minimum absolute atomic E-state index is 0.0375. The first-order chi connectivity index (χ1) is 41.9. The van der Waals surface area contributed by atoms with Crippen LogP contribution in [0.25, 0.3) is 34.4 Å². The first-order valence-electron chi connectivity index (χ1n) is 28.9. The van der Waals surface area contributed by atoms with Crippen molar-refractivity contribution in [1.82, 2.24) is 30.8 Å². The van der Waals surface area contributed by atoms with E-state index < -0.39 is 71.6 Å². The number of fused-ring (bicyclic) bond motifs is 7. The zero-order valence-corrected chi connectivity index (χ0v) is 48.7. The summed E-state index contributed by atoms with van der Waals surface area (Å²) >= 11 is 0. The second-order valence-corrected chi connectivity index (χ2v) is 21.6. The summed E-state index contributed by atoms with van der Waals surface area (Å²) in [5.74, 6) is -3.75. The number of aromatic nitrogens is 2. The molecule has 3 aliphatic heterocycles. The van der Waals surface area contributed by atoms with E-state index in [0.29, 0.717) is 41.1 Å². The van der Waals surface area contributed by atoms with Crippen molar-refractivity contribution in [2.45, 2.75) is 110 Å². The van der Waals surface area contributed by atoms with Gasteiger partial charge >= 0.3 is 18.2 Å². The standard InChI is InChI=1S/C64H69N9O14/c1-5-44-45-30-43(74)23-24-49(45)69-57-46(44)33-73-52(57)31-48-47(60(73)80)35-85-61(81)64(48,6-2)87-63(83)86-34-38-17-21-42(22-18-38)68-58(78)50(15-11-27-67-62(65)82)70-59(79)56(37(3)4)71-54(76)36-84-29-28-66-53(75)25-26-55(77)72-32-41-14-8-7-12-39(41)19-20-40-13-9-10-16-51(40)72/h7-10,12-14,16-24,30-31,37,50,56,74H,5-6,11,15,25-29,32-36H2,1-4H3,(H,66,75)(H,68,78)(H,70,79)(H,71,76)(H3,65,67,82)/b20-19-/t50-,56-,64-/m0/s1. The van der Waals surface area contributed by atoms with Gasteiger partial charge in [0.1, 0.15) is 37.7 Å². The van der Waals surface area contributed by atoms with Crippen molar-refractivity contribution in [2.75, 3.05) is 36.5 Å². The number of hydrogen-bond acceptors (Lipinski definition) is 15. The van der Waals surface area contributed by atoms with Crippen LogP contribution >= 0.6 is 0 Å². The Hall–Kier alpha value is -9.90. The van der Waals surface area contributed by atoms with Crippen LogP contribution in [0, 0.1) is 5.92 Å². The number of ether oxygens (including phenoxy) is 4. The van der Waals surface area contributed by atoms with Crippen molar-refractivity contribution in [3.63, 3.8) is 0 Å². The van der Waals surface area contributed by atoms with Crippen LogP contribution in [0.5, 0.6) is 5.75 Å². The third-order valence-electron chi connectivity index (χ3n) is 15.5. The van der Waals surface area contributed by atoms with Crippen molar-refractivity contribution in [3.05, 3.63) is 152 Å². The van der Waals surface area contributed by atoms with Gasteiger partial charge in [0.15, 0.2) is 0 Å². The molecule has 0 bridgehead atoms. The molecule has 0 unspecified atom stereocenters. The molecule has 2 aromatic heterocycles. The maximum absolute atomic E-state index is 14.2. The van der Waals surface area contributed by atoms with Crippen LogP contribution in [0.3, 0.4) is 0 Å². The smallest absolute Gasteiger partial charge is 0.508 e. The number of urea groups is 1. The Balaban J connectivity index is 0.755. The molecule has 454 valence electrons. The fourth-order valence-corrected chi connectivity index (χ4v) is 11.0. The summed E-state index contributed by atoms with van der Waals surface area (Å²) in [7, 11) is 0. The number of hydrogen-bond donors (Lipinski definition) is 7. The summed E-state index contributed by atoms with van der Waals surface area (Å²) in [6.07, 6.45) is 3.44. The van der Waals surface area contributed by atoms with Crippen LogP contribution in [0.4, 0.5) is 21.0 Å². The highest BCUT2D eigenvalue weighted by Crippen LogP contribution is 2.43. The van der Waals surface area contributed by atoms with E-state index in [-0.39, 0.29) is 100 Å². The normalized spacial score (nSPS) is 15.6. The Morgan fingerprint density at radius 2 is 1.56 bits per heavy atom. The number of nitrogens with two attached hydrogens (primary N) is 1. The molecular formula is C64H69N9O14. The Morgan fingerprint density at radius 3 is 2.31 bits per heavy atom. The second kappa shape index (κ2) is 27.4. The lowest BCUT2D eigenvalue weighted by molar-refractivity contribution is -0.175. The number of phenolic OH excluding ortho intramolecular Hbond substituents is 1. The molecule has 8 N–H and O–H groups in total. The van der Waals surface area contributed by atoms with Gasteiger partial charge in [0.25, 0.3) is 5.56 Å². The number of aryl methyl sites for hydroxylation is 1. The topological polar surface area (TPSA) is 318 Å². The number of nitrogens with zero attached hydrogens (tertiary/aromatic N) is 3. The maximum Gasteiger partial charge on any atom is 0.510 e. The number of para-hydroxylation sites is 1. The van der Waals surface area contributed by atoms with Crippen LogP contribution in [0.15, 0.2) is 102 Å². The molecule has 0 saturated heterocycles. The molecule has 0 aliphatic carbocycles. The van der Waals surface area contributed by atoms with Crippen LogP contribution in [-0.4, -0.2) is 101 Å². The van der Waals surface area contributed by atoms with Crippen LogP contribution in [-0.2, 0) is 86.0 Å². The summed E-state index contributed by atoms with van der Waals surface area (Å²) in [5.41, 5.74) is 10.8. The van der Waals surface area contributed by atoms with E-state index in [1.807, 2.05) is 67.6 Å². The molecule has 0 spiro atoms. The van der Waals surface area contributed by atoms with Gasteiger partial charge in [-0.05, 0) is 102 Å². The highest BCUT2D eigenvalue weighted by molar-refractivity contribution is 6.00.